The normalized spacial score (nSPS) is 10.9. The number of carbonyl (C=O) groups is 1. The van der Waals surface area contributed by atoms with Crippen LogP contribution in [0.15, 0.2) is 65.8 Å². The fourth-order valence-electron chi connectivity index (χ4n) is 2.93. The molecule has 0 saturated heterocycles. The number of rotatable bonds is 6. The number of ether oxygens (including phenoxy) is 1. The molecule has 2 aromatic carbocycles. The molecule has 4 aromatic rings. The standard InChI is InChI=1S/C20H16N4O4/c25-19(26)12-28-17-3-1-2-13(6-17)11-24-20(27)18-7-14(16-8-21-22-9-16)4-5-15(18)10-23-24/h1-10H,11-12H2,(H,21,22)(H,25,26). The van der Waals surface area contributed by atoms with E-state index in [1.54, 1.807) is 36.8 Å². The molecular formula is C20H16N4O4. The average Bonchev–Trinajstić information content (AvgIpc) is 3.24. The number of nitrogens with zero attached hydrogens (tertiary/aromatic N) is 3. The van der Waals surface area contributed by atoms with Crippen molar-refractivity contribution in [3.8, 4) is 16.9 Å². The number of aromatic amines is 1. The van der Waals surface area contributed by atoms with Gasteiger partial charge in [-0.3, -0.25) is 9.89 Å². The molecule has 0 unspecified atom stereocenters. The van der Waals surface area contributed by atoms with E-state index < -0.39 is 12.6 Å². The Kier molecular flexibility index (Phi) is 4.59. The van der Waals surface area contributed by atoms with E-state index in [9.17, 15) is 9.59 Å². The van der Waals surface area contributed by atoms with Crippen LogP contribution in [-0.2, 0) is 11.3 Å². The van der Waals surface area contributed by atoms with Crippen molar-refractivity contribution in [2.75, 3.05) is 6.61 Å². The molecule has 0 aliphatic rings. The predicted molar refractivity (Wildman–Crippen MR) is 102 cm³/mol. The largest absolute Gasteiger partial charge is 0.482 e. The van der Waals surface area contributed by atoms with Gasteiger partial charge < -0.3 is 9.84 Å². The minimum Gasteiger partial charge on any atom is -0.482 e. The van der Waals surface area contributed by atoms with Crippen molar-refractivity contribution in [1.29, 1.82) is 0 Å². The number of aromatic nitrogens is 4. The molecule has 0 saturated carbocycles. The first kappa shape index (κ1) is 17.5. The number of aliphatic carboxylic acids is 1. The molecule has 8 heteroatoms. The third kappa shape index (κ3) is 3.61. The monoisotopic (exact) mass is 376 g/mol. The number of hydrogen-bond donors (Lipinski definition) is 2. The van der Waals surface area contributed by atoms with Gasteiger partial charge in [0.1, 0.15) is 5.75 Å². The van der Waals surface area contributed by atoms with Crippen LogP contribution in [0.4, 0.5) is 0 Å². The van der Waals surface area contributed by atoms with E-state index in [4.69, 9.17) is 9.84 Å². The molecule has 0 aliphatic carbocycles. The Morgan fingerprint density at radius 3 is 2.82 bits per heavy atom. The van der Waals surface area contributed by atoms with Crippen LogP contribution in [0.3, 0.4) is 0 Å². The summed E-state index contributed by atoms with van der Waals surface area (Å²) in [6.45, 7) is -0.177. The molecule has 0 bridgehead atoms. The maximum atomic E-state index is 12.9. The van der Waals surface area contributed by atoms with Crippen LogP contribution in [-0.4, -0.2) is 37.7 Å². The fraction of sp³-hybridized carbons (Fsp3) is 0.100. The first-order valence-corrected chi connectivity index (χ1v) is 8.53. The summed E-state index contributed by atoms with van der Waals surface area (Å²) in [6, 6.07) is 12.5. The highest BCUT2D eigenvalue weighted by Gasteiger charge is 2.08. The van der Waals surface area contributed by atoms with Gasteiger partial charge >= 0.3 is 5.97 Å². The van der Waals surface area contributed by atoms with Crippen LogP contribution in [0.2, 0.25) is 0 Å². The minimum atomic E-state index is -1.05. The predicted octanol–water partition coefficient (Wildman–Crippen LogP) is 2.30. The fourth-order valence-corrected chi connectivity index (χ4v) is 2.93. The molecule has 2 aromatic heterocycles. The Morgan fingerprint density at radius 1 is 1.14 bits per heavy atom. The Balaban J connectivity index is 1.66. The van der Waals surface area contributed by atoms with Gasteiger partial charge in [-0.1, -0.05) is 24.3 Å². The second-order valence-corrected chi connectivity index (χ2v) is 6.23. The molecule has 2 N–H and O–H groups in total. The van der Waals surface area contributed by atoms with E-state index in [1.165, 1.54) is 4.68 Å². The van der Waals surface area contributed by atoms with Gasteiger partial charge in [0.25, 0.3) is 5.56 Å². The van der Waals surface area contributed by atoms with Gasteiger partial charge in [-0.05, 0) is 29.3 Å². The maximum absolute atomic E-state index is 12.9. The number of nitrogens with one attached hydrogen (secondary N) is 1. The number of carboxylic acids is 1. The van der Waals surface area contributed by atoms with Crippen LogP contribution >= 0.6 is 0 Å². The van der Waals surface area contributed by atoms with E-state index in [2.05, 4.69) is 15.3 Å². The van der Waals surface area contributed by atoms with Gasteiger partial charge in [0.2, 0.25) is 0 Å². The van der Waals surface area contributed by atoms with Crippen LogP contribution in [0.25, 0.3) is 21.9 Å². The Morgan fingerprint density at radius 2 is 2.04 bits per heavy atom. The summed E-state index contributed by atoms with van der Waals surface area (Å²) >= 11 is 0. The summed E-state index contributed by atoms with van der Waals surface area (Å²) in [5.41, 5.74) is 2.36. The summed E-state index contributed by atoms with van der Waals surface area (Å²) in [5.74, 6) is -0.623. The SMILES string of the molecule is O=C(O)COc1cccc(Cn2ncc3ccc(-c4cn[nH]c4)cc3c2=O)c1. The molecule has 0 radical (unpaired) electrons. The maximum Gasteiger partial charge on any atom is 0.341 e. The molecule has 28 heavy (non-hydrogen) atoms. The second-order valence-electron chi connectivity index (χ2n) is 6.23. The zero-order valence-electron chi connectivity index (χ0n) is 14.7. The quantitative estimate of drug-likeness (QED) is 0.534. The van der Waals surface area contributed by atoms with Gasteiger partial charge in [-0.25, -0.2) is 9.48 Å². The van der Waals surface area contributed by atoms with Gasteiger partial charge in [-0.15, -0.1) is 0 Å². The molecule has 140 valence electrons. The zero-order valence-corrected chi connectivity index (χ0v) is 14.7. The summed E-state index contributed by atoms with van der Waals surface area (Å²) in [4.78, 5) is 23.6. The first-order valence-electron chi connectivity index (χ1n) is 8.53. The van der Waals surface area contributed by atoms with E-state index in [-0.39, 0.29) is 12.1 Å². The molecule has 2 heterocycles. The number of hydrogen-bond acceptors (Lipinski definition) is 5. The molecule has 0 amide bonds. The van der Waals surface area contributed by atoms with Crippen molar-refractivity contribution < 1.29 is 14.6 Å². The van der Waals surface area contributed by atoms with Crippen LogP contribution in [0.5, 0.6) is 5.75 Å². The van der Waals surface area contributed by atoms with Gasteiger partial charge in [0, 0.05) is 17.1 Å². The van der Waals surface area contributed by atoms with Crippen LogP contribution < -0.4 is 10.3 Å². The van der Waals surface area contributed by atoms with Crippen LogP contribution in [0.1, 0.15) is 5.56 Å². The van der Waals surface area contributed by atoms with Crippen molar-refractivity contribution in [2.45, 2.75) is 6.54 Å². The third-order valence-electron chi connectivity index (χ3n) is 4.28. The highest BCUT2D eigenvalue weighted by molar-refractivity contribution is 5.85. The van der Waals surface area contributed by atoms with E-state index in [1.807, 2.05) is 24.3 Å². The molecule has 0 atom stereocenters. The van der Waals surface area contributed by atoms with Crippen molar-refractivity contribution in [2.24, 2.45) is 0 Å². The van der Waals surface area contributed by atoms with Gasteiger partial charge in [0.15, 0.2) is 6.61 Å². The summed E-state index contributed by atoms with van der Waals surface area (Å²) in [6.07, 6.45) is 5.12. The number of carboxylic acid groups (broad SMARTS) is 1. The lowest BCUT2D eigenvalue weighted by atomic mass is 10.1. The summed E-state index contributed by atoms with van der Waals surface area (Å²) in [7, 11) is 0. The van der Waals surface area contributed by atoms with Crippen molar-refractivity contribution in [3.05, 3.63) is 77.0 Å². The molecule has 0 spiro atoms. The van der Waals surface area contributed by atoms with E-state index in [0.29, 0.717) is 11.1 Å². The van der Waals surface area contributed by atoms with E-state index in [0.717, 1.165) is 22.1 Å². The molecule has 0 fully saturated rings. The van der Waals surface area contributed by atoms with Crippen molar-refractivity contribution in [3.63, 3.8) is 0 Å². The minimum absolute atomic E-state index is 0.209. The Bertz CT molecular complexity index is 1200. The van der Waals surface area contributed by atoms with Gasteiger partial charge in [0.05, 0.1) is 24.3 Å². The zero-order chi connectivity index (χ0) is 19.5. The first-order chi connectivity index (χ1) is 13.6. The highest BCUT2D eigenvalue weighted by Crippen LogP contribution is 2.21. The van der Waals surface area contributed by atoms with E-state index >= 15 is 0 Å². The molecule has 0 aliphatic heterocycles. The molecule has 4 rings (SSSR count). The third-order valence-corrected chi connectivity index (χ3v) is 4.28. The average molecular weight is 376 g/mol. The smallest absolute Gasteiger partial charge is 0.341 e. The topological polar surface area (TPSA) is 110 Å². The second kappa shape index (κ2) is 7.36. The lowest BCUT2D eigenvalue weighted by Gasteiger charge is -2.09. The number of benzene rings is 2. The van der Waals surface area contributed by atoms with Crippen LogP contribution in [0, 0.1) is 0 Å². The highest BCUT2D eigenvalue weighted by atomic mass is 16.5. The van der Waals surface area contributed by atoms with Crippen molar-refractivity contribution >= 4 is 16.7 Å². The molecule has 8 nitrogen and oxygen atoms in total. The summed E-state index contributed by atoms with van der Waals surface area (Å²) < 4.78 is 6.56. The Hall–Kier alpha value is -3.94. The number of fused-ring (bicyclic) bond motifs is 1. The Labute approximate surface area is 159 Å². The lowest BCUT2D eigenvalue weighted by molar-refractivity contribution is -0.139. The number of H-pyrrole nitrogens is 1. The lowest BCUT2D eigenvalue weighted by Crippen LogP contribution is -2.23. The van der Waals surface area contributed by atoms with Gasteiger partial charge in [-0.2, -0.15) is 10.2 Å². The van der Waals surface area contributed by atoms with Crippen molar-refractivity contribution in [1.82, 2.24) is 20.0 Å². The summed E-state index contributed by atoms with van der Waals surface area (Å²) in [5, 5.41) is 21.0. The molecular weight excluding hydrogens is 360 g/mol.